The molecule has 0 amide bonds. The molecule has 64 valence electrons. The predicted octanol–water partition coefficient (Wildman–Crippen LogP) is 1.08. The molecule has 0 aromatic carbocycles. The number of hydrogen-bond acceptors (Lipinski definition) is 3. The van der Waals surface area contributed by atoms with Gasteiger partial charge in [-0.3, -0.25) is 0 Å². The summed E-state index contributed by atoms with van der Waals surface area (Å²) in [5, 5.41) is 3.09. The molecule has 0 fully saturated rings. The Balaban J connectivity index is 2.46. The second kappa shape index (κ2) is 2.62. The van der Waals surface area contributed by atoms with E-state index in [2.05, 4.69) is 10.3 Å². The molecule has 0 spiro atoms. The minimum Gasteiger partial charge on any atom is -0.380 e. The third kappa shape index (κ3) is 1.09. The quantitative estimate of drug-likeness (QED) is 0.626. The standard InChI is InChI=1S/C8H10FN3/c1-12-3-2-10-7-4-6(9)5-11-8(7)12/h4-5,10H,2-3H2,1H3. The summed E-state index contributed by atoms with van der Waals surface area (Å²) in [6.45, 7) is 1.75. The molecule has 0 bridgehead atoms. The van der Waals surface area contributed by atoms with Crippen LogP contribution in [0, 0.1) is 5.82 Å². The van der Waals surface area contributed by atoms with Crippen LogP contribution in [0.3, 0.4) is 0 Å². The van der Waals surface area contributed by atoms with Gasteiger partial charge >= 0.3 is 0 Å². The number of pyridine rings is 1. The van der Waals surface area contributed by atoms with Crippen molar-refractivity contribution in [2.45, 2.75) is 0 Å². The molecule has 1 aliphatic rings. The lowest BCUT2D eigenvalue weighted by atomic mass is 10.3. The maximum Gasteiger partial charge on any atom is 0.152 e. The van der Waals surface area contributed by atoms with Gasteiger partial charge in [0.25, 0.3) is 0 Å². The van der Waals surface area contributed by atoms with Gasteiger partial charge in [-0.25, -0.2) is 9.37 Å². The fourth-order valence-corrected chi connectivity index (χ4v) is 1.33. The first-order valence-corrected chi connectivity index (χ1v) is 3.88. The zero-order chi connectivity index (χ0) is 8.55. The van der Waals surface area contributed by atoms with Crippen molar-refractivity contribution in [2.75, 3.05) is 30.4 Å². The summed E-state index contributed by atoms with van der Waals surface area (Å²) in [4.78, 5) is 5.99. The Bertz CT molecular complexity index is 300. The zero-order valence-corrected chi connectivity index (χ0v) is 6.84. The maximum absolute atomic E-state index is 12.7. The van der Waals surface area contributed by atoms with Gasteiger partial charge in [0.15, 0.2) is 5.82 Å². The lowest BCUT2D eigenvalue weighted by Gasteiger charge is -2.26. The normalized spacial score (nSPS) is 15.3. The predicted molar refractivity (Wildman–Crippen MR) is 46.0 cm³/mol. The van der Waals surface area contributed by atoms with Crippen LogP contribution in [0.4, 0.5) is 15.9 Å². The minimum atomic E-state index is -0.295. The number of nitrogens with zero attached hydrogens (tertiary/aromatic N) is 2. The van der Waals surface area contributed by atoms with Gasteiger partial charge in [-0.2, -0.15) is 0 Å². The SMILES string of the molecule is CN1CCNc2cc(F)cnc21. The van der Waals surface area contributed by atoms with Gasteiger partial charge in [0.2, 0.25) is 0 Å². The van der Waals surface area contributed by atoms with E-state index in [1.807, 2.05) is 11.9 Å². The molecule has 0 atom stereocenters. The van der Waals surface area contributed by atoms with Crippen LogP contribution in [0.15, 0.2) is 12.3 Å². The topological polar surface area (TPSA) is 28.2 Å². The Hall–Kier alpha value is -1.32. The molecule has 2 heterocycles. The van der Waals surface area contributed by atoms with Crippen LogP contribution in [0.1, 0.15) is 0 Å². The first-order chi connectivity index (χ1) is 5.77. The molecule has 1 N–H and O–H groups in total. The second-order valence-corrected chi connectivity index (χ2v) is 2.87. The number of anilines is 2. The molecule has 0 aliphatic carbocycles. The highest BCUT2D eigenvalue weighted by Crippen LogP contribution is 2.25. The van der Waals surface area contributed by atoms with Crippen molar-refractivity contribution in [1.82, 2.24) is 4.98 Å². The number of rotatable bonds is 0. The molecular weight excluding hydrogens is 157 g/mol. The van der Waals surface area contributed by atoms with Crippen molar-refractivity contribution in [2.24, 2.45) is 0 Å². The van der Waals surface area contributed by atoms with Gasteiger partial charge in [0.05, 0.1) is 11.9 Å². The van der Waals surface area contributed by atoms with E-state index in [1.165, 1.54) is 12.3 Å². The summed E-state index contributed by atoms with van der Waals surface area (Å²) in [7, 11) is 1.95. The Morgan fingerprint density at radius 3 is 3.33 bits per heavy atom. The van der Waals surface area contributed by atoms with Gasteiger partial charge in [-0.15, -0.1) is 0 Å². The lowest BCUT2D eigenvalue weighted by molar-refractivity contribution is 0.620. The molecule has 0 unspecified atom stereocenters. The molecule has 0 saturated heterocycles. The maximum atomic E-state index is 12.7. The van der Waals surface area contributed by atoms with E-state index < -0.39 is 0 Å². The van der Waals surface area contributed by atoms with E-state index in [0.29, 0.717) is 0 Å². The van der Waals surface area contributed by atoms with Crippen LogP contribution in [0.5, 0.6) is 0 Å². The fraction of sp³-hybridized carbons (Fsp3) is 0.375. The summed E-state index contributed by atoms with van der Waals surface area (Å²) in [6.07, 6.45) is 1.24. The third-order valence-corrected chi connectivity index (χ3v) is 1.96. The first kappa shape index (κ1) is 7.34. The van der Waals surface area contributed by atoms with Gasteiger partial charge in [-0.1, -0.05) is 0 Å². The highest BCUT2D eigenvalue weighted by atomic mass is 19.1. The zero-order valence-electron chi connectivity index (χ0n) is 6.84. The molecule has 4 heteroatoms. The van der Waals surface area contributed by atoms with Crippen LogP contribution in [0.2, 0.25) is 0 Å². The molecule has 0 radical (unpaired) electrons. The van der Waals surface area contributed by atoms with E-state index in [-0.39, 0.29) is 5.82 Å². The highest BCUT2D eigenvalue weighted by Gasteiger charge is 2.14. The summed E-state index contributed by atoms with van der Waals surface area (Å²) >= 11 is 0. The average Bonchev–Trinajstić information content (AvgIpc) is 2.04. The summed E-state index contributed by atoms with van der Waals surface area (Å²) < 4.78 is 12.7. The van der Waals surface area contributed by atoms with Gasteiger partial charge < -0.3 is 10.2 Å². The van der Waals surface area contributed by atoms with E-state index in [4.69, 9.17) is 0 Å². The Morgan fingerprint density at radius 2 is 2.50 bits per heavy atom. The number of fused-ring (bicyclic) bond motifs is 1. The molecule has 12 heavy (non-hydrogen) atoms. The average molecular weight is 167 g/mol. The van der Waals surface area contributed by atoms with E-state index in [1.54, 1.807) is 0 Å². The minimum absolute atomic E-state index is 0.295. The molecule has 2 rings (SSSR count). The van der Waals surface area contributed by atoms with Crippen molar-refractivity contribution < 1.29 is 4.39 Å². The van der Waals surface area contributed by atoms with Crippen LogP contribution in [-0.4, -0.2) is 25.1 Å². The van der Waals surface area contributed by atoms with Crippen molar-refractivity contribution in [3.05, 3.63) is 18.1 Å². The number of likely N-dealkylation sites (N-methyl/N-ethyl adjacent to an activating group) is 1. The van der Waals surface area contributed by atoms with Crippen LogP contribution >= 0.6 is 0 Å². The number of halogens is 1. The fourth-order valence-electron chi connectivity index (χ4n) is 1.33. The van der Waals surface area contributed by atoms with Crippen molar-refractivity contribution >= 4 is 11.5 Å². The molecule has 3 nitrogen and oxygen atoms in total. The summed E-state index contributed by atoms with van der Waals surface area (Å²) in [5.41, 5.74) is 0.781. The second-order valence-electron chi connectivity index (χ2n) is 2.87. The van der Waals surface area contributed by atoms with Crippen LogP contribution in [-0.2, 0) is 0 Å². The molecular formula is C8H10FN3. The Labute approximate surface area is 70.2 Å². The van der Waals surface area contributed by atoms with E-state index >= 15 is 0 Å². The first-order valence-electron chi connectivity index (χ1n) is 3.88. The number of aromatic nitrogens is 1. The smallest absolute Gasteiger partial charge is 0.152 e. The molecule has 1 aliphatic heterocycles. The summed E-state index contributed by atoms with van der Waals surface area (Å²) in [5.74, 6) is 0.527. The molecule has 1 aromatic heterocycles. The molecule has 0 saturated carbocycles. The van der Waals surface area contributed by atoms with Crippen molar-refractivity contribution in [3.8, 4) is 0 Å². The lowest BCUT2D eigenvalue weighted by Crippen LogP contribution is -2.31. The third-order valence-electron chi connectivity index (χ3n) is 1.96. The largest absolute Gasteiger partial charge is 0.380 e. The van der Waals surface area contributed by atoms with Crippen molar-refractivity contribution in [1.29, 1.82) is 0 Å². The Morgan fingerprint density at radius 1 is 1.67 bits per heavy atom. The van der Waals surface area contributed by atoms with Gasteiger partial charge in [-0.05, 0) is 0 Å². The number of nitrogens with one attached hydrogen (secondary N) is 1. The van der Waals surface area contributed by atoms with Crippen LogP contribution in [0.25, 0.3) is 0 Å². The highest BCUT2D eigenvalue weighted by molar-refractivity contribution is 5.67. The number of hydrogen-bond donors (Lipinski definition) is 1. The van der Waals surface area contributed by atoms with Gasteiger partial charge in [0.1, 0.15) is 5.82 Å². The summed E-state index contributed by atoms with van der Waals surface area (Å²) in [6, 6.07) is 1.47. The van der Waals surface area contributed by atoms with Crippen molar-refractivity contribution in [3.63, 3.8) is 0 Å². The molecule has 1 aromatic rings. The van der Waals surface area contributed by atoms with Gasteiger partial charge in [0, 0.05) is 26.2 Å². The monoisotopic (exact) mass is 167 g/mol. The Kier molecular flexibility index (Phi) is 1.60. The van der Waals surface area contributed by atoms with E-state index in [9.17, 15) is 4.39 Å². The van der Waals surface area contributed by atoms with Crippen LogP contribution < -0.4 is 10.2 Å². The van der Waals surface area contributed by atoms with E-state index in [0.717, 1.165) is 24.6 Å².